The summed E-state index contributed by atoms with van der Waals surface area (Å²) in [6.45, 7) is 1.74. The van der Waals surface area contributed by atoms with Crippen LogP contribution in [0.1, 0.15) is 5.56 Å². The molecule has 0 atom stereocenters. The van der Waals surface area contributed by atoms with E-state index in [0.717, 1.165) is 11.3 Å². The number of aromatic nitrogens is 1. The Labute approximate surface area is 132 Å². The number of nitrogens with zero attached hydrogens (tertiary/aromatic N) is 1. The predicted octanol–water partition coefficient (Wildman–Crippen LogP) is 4.32. The standard InChI is InChI=1S/C10H7BrCl2N2O2S2/c1-5-2-6(4-14-10(5)13)15-19(16,17)8-3-7(12)9(11)18-8/h2-4,15H,1H3. The Morgan fingerprint density at radius 3 is 2.58 bits per heavy atom. The van der Waals surface area contributed by atoms with Crippen LogP contribution in [-0.4, -0.2) is 13.4 Å². The van der Waals surface area contributed by atoms with Crippen molar-refractivity contribution in [2.24, 2.45) is 0 Å². The van der Waals surface area contributed by atoms with Gasteiger partial charge < -0.3 is 0 Å². The monoisotopic (exact) mass is 400 g/mol. The van der Waals surface area contributed by atoms with Gasteiger partial charge in [0.1, 0.15) is 9.36 Å². The van der Waals surface area contributed by atoms with E-state index >= 15 is 0 Å². The Hall–Kier alpha value is -0.340. The third-order valence-electron chi connectivity index (χ3n) is 2.15. The van der Waals surface area contributed by atoms with E-state index in [4.69, 9.17) is 23.2 Å². The largest absolute Gasteiger partial charge is 0.277 e. The van der Waals surface area contributed by atoms with Crippen LogP contribution >= 0.6 is 50.5 Å². The minimum atomic E-state index is -3.67. The lowest BCUT2D eigenvalue weighted by Crippen LogP contribution is -2.11. The molecule has 0 aliphatic rings. The summed E-state index contributed by atoms with van der Waals surface area (Å²) in [5, 5.41) is 0.695. The van der Waals surface area contributed by atoms with Gasteiger partial charge in [0, 0.05) is 0 Å². The van der Waals surface area contributed by atoms with Crippen LogP contribution in [0.3, 0.4) is 0 Å². The second-order valence-electron chi connectivity index (χ2n) is 3.62. The smallest absolute Gasteiger partial charge is 0.271 e. The topological polar surface area (TPSA) is 59.1 Å². The van der Waals surface area contributed by atoms with Crippen molar-refractivity contribution in [3.8, 4) is 0 Å². The lowest BCUT2D eigenvalue weighted by atomic mass is 10.3. The Morgan fingerprint density at radius 1 is 1.37 bits per heavy atom. The molecule has 19 heavy (non-hydrogen) atoms. The highest BCUT2D eigenvalue weighted by atomic mass is 79.9. The Balaban J connectivity index is 2.33. The maximum Gasteiger partial charge on any atom is 0.271 e. The van der Waals surface area contributed by atoms with E-state index in [2.05, 4.69) is 25.6 Å². The van der Waals surface area contributed by atoms with E-state index in [9.17, 15) is 8.42 Å². The van der Waals surface area contributed by atoms with Crippen LogP contribution < -0.4 is 4.72 Å². The highest BCUT2D eigenvalue weighted by Crippen LogP contribution is 2.35. The minimum absolute atomic E-state index is 0.122. The number of nitrogens with one attached hydrogen (secondary N) is 1. The maximum atomic E-state index is 12.1. The first kappa shape index (κ1) is 15.1. The molecular weight excluding hydrogens is 395 g/mol. The molecule has 2 rings (SSSR count). The molecule has 2 heterocycles. The van der Waals surface area contributed by atoms with E-state index in [1.54, 1.807) is 13.0 Å². The van der Waals surface area contributed by atoms with Crippen molar-refractivity contribution in [3.05, 3.63) is 37.9 Å². The van der Waals surface area contributed by atoms with Gasteiger partial charge in [-0.1, -0.05) is 23.2 Å². The Kier molecular flexibility index (Phi) is 4.42. The summed E-state index contributed by atoms with van der Waals surface area (Å²) in [5.74, 6) is 0. The highest BCUT2D eigenvalue weighted by Gasteiger charge is 2.19. The molecule has 9 heteroatoms. The predicted molar refractivity (Wildman–Crippen MR) is 81.8 cm³/mol. The van der Waals surface area contributed by atoms with Gasteiger partial charge in [-0.2, -0.15) is 0 Å². The number of halogens is 3. The lowest BCUT2D eigenvalue weighted by molar-refractivity contribution is 0.603. The summed E-state index contributed by atoms with van der Waals surface area (Å²) in [6.07, 6.45) is 1.36. The fourth-order valence-corrected chi connectivity index (χ4v) is 4.81. The van der Waals surface area contributed by atoms with Crippen LogP contribution in [0.25, 0.3) is 0 Å². The molecule has 0 spiro atoms. The molecule has 0 aromatic carbocycles. The second-order valence-corrected chi connectivity index (χ2v) is 8.67. The molecule has 1 N–H and O–H groups in total. The zero-order valence-electron chi connectivity index (χ0n) is 9.45. The van der Waals surface area contributed by atoms with Gasteiger partial charge in [-0.25, -0.2) is 13.4 Å². The first-order valence-corrected chi connectivity index (χ1v) is 8.74. The van der Waals surface area contributed by atoms with E-state index in [1.807, 2.05) is 0 Å². The van der Waals surface area contributed by atoms with E-state index in [-0.39, 0.29) is 4.21 Å². The lowest BCUT2D eigenvalue weighted by Gasteiger charge is -2.06. The average Bonchev–Trinajstić information content (AvgIpc) is 2.65. The van der Waals surface area contributed by atoms with Crippen LogP contribution in [0, 0.1) is 6.92 Å². The summed E-state index contributed by atoms with van der Waals surface area (Å²) >= 11 is 15.8. The molecule has 0 saturated carbocycles. The number of thiophene rings is 1. The fraction of sp³-hybridized carbons (Fsp3) is 0.100. The molecule has 0 aliphatic heterocycles. The molecule has 102 valence electrons. The molecule has 4 nitrogen and oxygen atoms in total. The molecule has 0 amide bonds. The third kappa shape index (κ3) is 3.41. The Morgan fingerprint density at radius 2 is 2.05 bits per heavy atom. The normalized spacial score (nSPS) is 11.6. The second kappa shape index (κ2) is 5.57. The Bertz CT molecular complexity index is 712. The van der Waals surface area contributed by atoms with Crippen molar-refractivity contribution < 1.29 is 8.42 Å². The van der Waals surface area contributed by atoms with Gasteiger partial charge in [0.25, 0.3) is 10.0 Å². The van der Waals surface area contributed by atoms with Crippen molar-refractivity contribution in [1.29, 1.82) is 0 Å². The number of hydrogen-bond acceptors (Lipinski definition) is 4. The zero-order chi connectivity index (χ0) is 14.2. The van der Waals surface area contributed by atoms with Crippen molar-refractivity contribution in [3.63, 3.8) is 0 Å². The van der Waals surface area contributed by atoms with Gasteiger partial charge in [-0.3, -0.25) is 4.72 Å². The summed E-state index contributed by atoms with van der Waals surface area (Å²) in [5.41, 5.74) is 1.04. The van der Waals surface area contributed by atoms with E-state index < -0.39 is 10.0 Å². The minimum Gasteiger partial charge on any atom is -0.277 e. The number of sulfonamides is 1. The first-order chi connectivity index (χ1) is 8.79. The van der Waals surface area contributed by atoms with Crippen LogP contribution in [0.5, 0.6) is 0 Å². The van der Waals surface area contributed by atoms with Crippen molar-refractivity contribution in [2.45, 2.75) is 11.1 Å². The van der Waals surface area contributed by atoms with Gasteiger partial charge in [0.05, 0.1) is 20.7 Å². The zero-order valence-corrected chi connectivity index (χ0v) is 14.2. The average molecular weight is 402 g/mol. The quantitative estimate of drug-likeness (QED) is 0.779. The molecule has 2 aromatic rings. The van der Waals surface area contributed by atoms with Gasteiger partial charge >= 0.3 is 0 Å². The van der Waals surface area contributed by atoms with Crippen LogP contribution in [-0.2, 0) is 10.0 Å². The van der Waals surface area contributed by atoms with Crippen LogP contribution in [0.2, 0.25) is 10.2 Å². The SMILES string of the molecule is Cc1cc(NS(=O)(=O)c2cc(Cl)c(Br)s2)cnc1Cl. The number of pyridine rings is 1. The molecule has 0 saturated heterocycles. The number of anilines is 1. The van der Waals surface area contributed by atoms with Gasteiger partial charge in [-0.05, 0) is 40.5 Å². The number of rotatable bonds is 3. The first-order valence-electron chi connectivity index (χ1n) is 4.89. The van der Waals surface area contributed by atoms with Crippen LogP contribution in [0.4, 0.5) is 5.69 Å². The fourth-order valence-electron chi connectivity index (χ4n) is 1.28. The molecule has 0 fully saturated rings. The number of hydrogen-bond donors (Lipinski definition) is 1. The van der Waals surface area contributed by atoms with E-state index in [0.29, 0.717) is 25.2 Å². The summed E-state index contributed by atoms with van der Waals surface area (Å²) in [4.78, 5) is 3.89. The van der Waals surface area contributed by atoms with Crippen LogP contribution in [0.15, 0.2) is 26.3 Å². The molecule has 0 bridgehead atoms. The summed E-state index contributed by atoms with van der Waals surface area (Å²) in [6, 6.07) is 2.99. The molecule has 0 radical (unpaired) electrons. The molecule has 0 unspecified atom stereocenters. The van der Waals surface area contributed by atoms with Crippen molar-refractivity contribution >= 4 is 66.2 Å². The third-order valence-corrected chi connectivity index (χ3v) is 6.88. The van der Waals surface area contributed by atoms with E-state index in [1.165, 1.54) is 12.3 Å². The highest BCUT2D eigenvalue weighted by molar-refractivity contribution is 9.11. The maximum absolute atomic E-state index is 12.1. The summed E-state index contributed by atoms with van der Waals surface area (Å²) in [7, 11) is -3.67. The van der Waals surface area contributed by atoms with Gasteiger partial charge in [-0.15, -0.1) is 11.3 Å². The van der Waals surface area contributed by atoms with Gasteiger partial charge in [0.15, 0.2) is 0 Å². The van der Waals surface area contributed by atoms with Gasteiger partial charge in [0.2, 0.25) is 0 Å². The van der Waals surface area contributed by atoms with Crippen molar-refractivity contribution in [1.82, 2.24) is 4.98 Å². The summed E-state index contributed by atoms with van der Waals surface area (Å²) < 4.78 is 27.4. The number of aryl methyl sites for hydroxylation is 1. The molecule has 2 aromatic heterocycles. The molecule has 0 aliphatic carbocycles. The molecular formula is C10H7BrCl2N2O2S2. The van der Waals surface area contributed by atoms with Crippen molar-refractivity contribution in [2.75, 3.05) is 4.72 Å².